The van der Waals surface area contributed by atoms with E-state index >= 15 is 0 Å². The SMILES string of the molecule is Cc1ccc(Oc2ccc(CC(F)(F)F)cc2)cc1. The van der Waals surface area contributed by atoms with Crippen molar-refractivity contribution in [2.45, 2.75) is 19.5 Å². The van der Waals surface area contributed by atoms with E-state index in [4.69, 9.17) is 4.74 Å². The van der Waals surface area contributed by atoms with Gasteiger partial charge >= 0.3 is 6.18 Å². The molecular weight excluding hydrogens is 253 g/mol. The second kappa shape index (κ2) is 5.34. The number of benzene rings is 2. The quantitative estimate of drug-likeness (QED) is 0.768. The van der Waals surface area contributed by atoms with Gasteiger partial charge in [-0.25, -0.2) is 0 Å². The molecule has 100 valence electrons. The zero-order valence-electron chi connectivity index (χ0n) is 10.4. The molecule has 0 radical (unpaired) electrons. The van der Waals surface area contributed by atoms with Crippen molar-refractivity contribution in [1.82, 2.24) is 0 Å². The molecule has 0 amide bonds. The molecule has 2 aromatic carbocycles. The fourth-order valence-corrected chi connectivity index (χ4v) is 1.65. The van der Waals surface area contributed by atoms with Crippen LogP contribution < -0.4 is 4.74 Å². The fourth-order valence-electron chi connectivity index (χ4n) is 1.65. The molecule has 2 aromatic rings. The first kappa shape index (κ1) is 13.5. The number of hydrogen-bond acceptors (Lipinski definition) is 1. The van der Waals surface area contributed by atoms with Gasteiger partial charge in [-0.1, -0.05) is 29.8 Å². The largest absolute Gasteiger partial charge is 0.457 e. The molecule has 4 heteroatoms. The number of hydrogen-bond donors (Lipinski definition) is 0. The highest BCUT2D eigenvalue weighted by atomic mass is 19.4. The number of rotatable bonds is 3. The van der Waals surface area contributed by atoms with Crippen molar-refractivity contribution in [2.24, 2.45) is 0 Å². The summed E-state index contributed by atoms with van der Waals surface area (Å²) < 4.78 is 42.1. The normalized spacial score (nSPS) is 11.4. The lowest BCUT2D eigenvalue weighted by Crippen LogP contribution is -2.11. The highest BCUT2D eigenvalue weighted by Gasteiger charge is 2.27. The summed E-state index contributed by atoms with van der Waals surface area (Å²) >= 11 is 0. The minimum absolute atomic E-state index is 0.226. The average molecular weight is 266 g/mol. The van der Waals surface area contributed by atoms with Gasteiger partial charge in [0.05, 0.1) is 6.42 Å². The molecule has 0 spiro atoms. The Morgan fingerprint density at radius 2 is 1.32 bits per heavy atom. The summed E-state index contributed by atoms with van der Waals surface area (Å²) in [6.07, 6.45) is -5.10. The van der Waals surface area contributed by atoms with Crippen LogP contribution >= 0.6 is 0 Å². The Kier molecular flexibility index (Phi) is 3.79. The second-order valence-electron chi connectivity index (χ2n) is 4.35. The van der Waals surface area contributed by atoms with Gasteiger partial charge < -0.3 is 4.74 Å². The van der Waals surface area contributed by atoms with Crippen LogP contribution in [-0.2, 0) is 6.42 Å². The van der Waals surface area contributed by atoms with Gasteiger partial charge in [0.2, 0.25) is 0 Å². The van der Waals surface area contributed by atoms with Crippen molar-refractivity contribution in [1.29, 1.82) is 0 Å². The highest BCUT2D eigenvalue weighted by molar-refractivity contribution is 5.34. The van der Waals surface area contributed by atoms with Gasteiger partial charge in [-0.2, -0.15) is 13.2 Å². The topological polar surface area (TPSA) is 9.23 Å². The van der Waals surface area contributed by atoms with Crippen LogP contribution in [-0.4, -0.2) is 6.18 Å². The first-order valence-electron chi connectivity index (χ1n) is 5.83. The molecule has 0 bridgehead atoms. The number of ether oxygens (including phenoxy) is 1. The number of alkyl halides is 3. The zero-order chi connectivity index (χ0) is 13.9. The smallest absolute Gasteiger partial charge is 0.393 e. The molecule has 2 rings (SSSR count). The third-order valence-corrected chi connectivity index (χ3v) is 2.58. The number of halogens is 3. The summed E-state index contributed by atoms with van der Waals surface area (Å²) in [5.41, 5.74) is 1.34. The van der Waals surface area contributed by atoms with E-state index in [2.05, 4.69) is 0 Å². The molecule has 1 nitrogen and oxygen atoms in total. The highest BCUT2D eigenvalue weighted by Crippen LogP contribution is 2.25. The monoisotopic (exact) mass is 266 g/mol. The van der Waals surface area contributed by atoms with E-state index in [1.807, 2.05) is 31.2 Å². The molecule has 0 aliphatic rings. The summed E-state index contributed by atoms with van der Waals surface area (Å²) in [6, 6.07) is 13.4. The van der Waals surface area contributed by atoms with E-state index in [9.17, 15) is 13.2 Å². The Labute approximate surface area is 109 Å². The Balaban J connectivity index is 2.04. The maximum Gasteiger partial charge on any atom is 0.393 e. The van der Waals surface area contributed by atoms with Gasteiger partial charge in [0.15, 0.2) is 0 Å². The van der Waals surface area contributed by atoms with Gasteiger partial charge in [0.1, 0.15) is 11.5 Å². The lowest BCUT2D eigenvalue weighted by atomic mass is 10.1. The van der Waals surface area contributed by atoms with Gasteiger partial charge in [0, 0.05) is 0 Å². The number of aryl methyl sites for hydroxylation is 1. The van der Waals surface area contributed by atoms with Crippen molar-refractivity contribution < 1.29 is 17.9 Å². The lowest BCUT2D eigenvalue weighted by Gasteiger charge is -2.08. The lowest BCUT2D eigenvalue weighted by molar-refractivity contribution is -0.127. The van der Waals surface area contributed by atoms with Crippen LogP contribution in [0.5, 0.6) is 11.5 Å². The van der Waals surface area contributed by atoms with E-state index < -0.39 is 12.6 Å². The maximum atomic E-state index is 12.2. The van der Waals surface area contributed by atoms with Crippen LogP contribution in [0.3, 0.4) is 0 Å². The van der Waals surface area contributed by atoms with Crippen molar-refractivity contribution >= 4 is 0 Å². The summed E-state index contributed by atoms with van der Waals surface area (Å²) in [7, 11) is 0. The van der Waals surface area contributed by atoms with Crippen LogP contribution in [0.2, 0.25) is 0 Å². The summed E-state index contributed by atoms with van der Waals surface area (Å²) in [6.45, 7) is 1.97. The molecular formula is C15H13F3O. The van der Waals surface area contributed by atoms with Gasteiger partial charge in [-0.15, -0.1) is 0 Å². The van der Waals surface area contributed by atoms with Crippen LogP contribution in [0.25, 0.3) is 0 Å². The van der Waals surface area contributed by atoms with Crippen molar-refractivity contribution in [3.05, 3.63) is 59.7 Å². The first-order chi connectivity index (χ1) is 8.92. The Morgan fingerprint density at radius 3 is 1.79 bits per heavy atom. The Bertz CT molecular complexity index is 527. The molecule has 0 atom stereocenters. The summed E-state index contributed by atoms with van der Waals surface area (Å²) in [5, 5.41) is 0. The molecule has 0 unspecified atom stereocenters. The third kappa shape index (κ3) is 4.32. The van der Waals surface area contributed by atoms with Gasteiger partial charge in [-0.05, 0) is 36.8 Å². The second-order valence-corrected chi connectivity index (χ2v) is 4.35. The molecule has 19 heavy (non-hydrogen) atoms. The molecule has 0 aliphatic carbocycles. The van der Waals surface area contributed by atoms with Crippen molar-refractivity contribution in [2.75, 3.05) is 0 Å². The standard InChI is InChI=1S/C15H13F3O/c1-11-2-6-13(7-3-11)19-14-8-4-12(5-9-14)10-15(16,17)18/h2-9H,10H2,1H3. The predicted molar refractivity (Wildman–Crippen MR) is 67.5 cm³/mol. The third-order valence-electron chi connectivity index (χ3n) is 2.58. The summed E-state index contributed by atoms with van der Waals surface area (Å²) in [5.74, 6) is 1.18. The molecule has 0 saturated carbocycles. The summed E-state index contributed by atoms with van der Waals surface area (Å²) in [4.78, 5) is 0. The molecule has 0 heterocycles. The van der Waals surface area contributed by atoms with E-state index in [1.165, 1.54) is 12.1 Å². The van der Waals surface area contributed by atoms with E-state index in [0.29, 0.717) is 11.5 Å². The predicted octanol–water partition coefficient (Wildman–Crippen LogP) is 4.89. The molecule has 0 N–H and O–H groups in total. The maximum absolute atomic E-state index is 12.2. The molecule has 0 aliphatic heterocycles. The van der Waals surface area contributed by atoms with Crippen LogP contribution in [0, 0.1) is 6.92 Å². The van der Waals surface area contributed by atoms with E-state index in [-0.39, 0.29) is 5.56 Å². The minimum atomic E-state index is -4.18. The first-order valence-corrected chi connectivity index (χ1v) is 5.83. The van der Waals surface area contributed by atoms with E-state index in [0.717, 1.165) is 5.56 Å². The van der Waals surface area contributed by atoms with E-state index in [1.54, 1.807) is 12.1 Å². The molecule has 0 aromatic heterocycles. The fraction of sp³-hybridized carbons (Fsp3) is 0.200. The van der Waals surface area contributed by atoms with Crippen LogP contribution in [0.1, 0.15) is 11.1 Å². The molecule has 0 saturated heterocycles. The van der Waals surface area contributed by atoms with Gasteiger partial charge in [0.25, 0.3) is 0 Å². The average Bonchev–Trinajstić information content (AvgIpc) is 2.33. The zero-order valence-corrected chi connectivity index (χ0v) is 10.4. The molecule has 0 fully saturated rings. The Morgan fingerprint density at radius 1 is 0.842 bits per heavy atom. The Hall–Kier alpha value is -1.97. The van der Waals surface area contributed by atoms with Crippen molar-refractivity contribution in [3.8, 4) is 11.5 Å². The van der Waals surface area contributed by atoms with Crippen LogP contribution in [0.4, 0.5) is 13.2 Å². The van der Waals surface area contributed by atoms with Crippen molar-refractivity contribution in [3.63, 3.8) is 0 Å². The van der Waals surface area contributed by atoms with Crippen LogP contribution in [0.15, 0.2) is 48.5 Å². The van der Waals surface area contributed by atoms with Gasteiger partial charge in [-0.3, -0.25) is 0 Å². The minimum Gasteiger partial charge on any atom is -0.457 e.